The van der Waals surface area contributed by atoms with E-state index in [-0.39, 0.29) is 12.1 Å². The van der Waals surface area contributed by atoms with Gasteiger partial charge in [-0.1, -0.05) is 6.42 Å². The maximum absolute atomic E-state index is 11.8. The standard InChI is InChI=1S/C12H22N4O4/c1-7-4-3-5-8(2)16(7)15-12(20)14-9(11(18)19)6-10(13)17/h7-9H,3-6H2,1-2H3,(H2,13,17)(H,18,19)(H2,14,15,20). The van der Waals surface area contributed by atoms with Gasteiger partial charge in [0.05, 0.1) is 6.42 Å². The van der Waals surface area contributed by atoms with Crippen LogP contribution >= 0.6 is 0 Å². The highest BCUT2D eigenvalue weighted by Gasteiger charge is 2.28. The van der Waals surface area contributed by atoms with Crippen LogP contribution in [0.2, 0.25) is 0 Å². The normalized spacial score (nSPS) is 24.7. The average molecular weight is 286 g/mol. The summed E-state index contributed by atoms with van der Waals surface area (Å²) in [6, 6.07) is -1.59. The van der Waals surface area contributed by atoms with Gasteiger partial charge in [-0.3, -0.25) is 10.2 Å². The average Bonchev–Trinajstić information content (AvgIpc) is 2.32. The summed E-state index contributed by atoms with van der Waals surface area (Å²) in [5, 5.41) is 13.0. The molecule has 1 aliphatic rings. The summed E-state index contributed by atoms with van der Waals surface area (Å²) in [5.41, 5.74) is 7.60. The van der Waals surface area contributed by atoms with E-state index in [0.29, 0.717) is 0 Å². The largest absolute Gasteiger partial charge is 0.480 e. The van der Waals surface area contributed by atoms with Gasteiger partial charge in [0.1, 0.15) is 6.04 Å². The van der Waals surface area contributed by atoms with Crippen LogP contribution in [0.1, 0.15) is 39.5 Å². The molecule has 8 nitrogen and oxygen atoms in total. The van der Waals surface area contributed by atoms with E-state index in [1.807, 2.05) is 18.9 Å². The van der Waals surface area contributed by atoms with Gasteiger partial charge in [0, 0.05) is 12.1 Å². The summed E-state index contributed by atoms with van der Waals surface area (Å²) >= 11 is 0. The van der Waals surface area contributed by atoms with Crippen molar-refractivity contribution in [3.63, 3.8) is 0 Å². The van der Waals surface area contributed by atoms with Crippen molar-refractivity contribution in [1.82, 2.24) is 15.8 Å². The predicted octanol–water partition coefficient (Wildman–Crippen LogP) is -0.208. The number of carbonyl (C=O) groups is 3. The zero-order chi connectivity index (χ0) is 15.3. The number of primary amides is 1. The number of hydrazine groups is 1. The monoisotopic (exact) mass is 286 g/mol. The Balaban J connectivity index is 2.56. The minimum atomic E-state index is -1.32. The fraction of sp³-hybridized carbons (Fsp3) is 0.750. The highest BCUT2D eigenvalue weighted by Crippen LogP contribution is 2.19. The molecule has 1 aliphatic heterocycles. The minimum Gasteiger partial charge on any atom is -0.480 e. The van der Waals surface area contributed by atoms with E-state index in [9.17, 15) is 14.4 Å². The zero-order valence-electron chi connectivity index (χ0n) is 11.8. The van der Waals surface area contributed by atoms with E-state index in [1.165, 1.54) is 0 Å². The van der Waals surface area contributed by atoms with E-state index < -0.39 is 30.4 Å². The van der Waals surface area contributed by atoms with Crippen molar-refractivity contribution in [1.29, 1.82) is 0 Å². The summed E-state index contributed by atoms with van der Waals surface area (Å²) in [6.45, 7) is 3.99. The molecule has 3 atom stereocenters. The summed E-state index contributed by atoms with van der Waals surface area (Å²) in [4.78, 5) is 33.5. The third-order valence-electron chi connectivity index (χ3n) is 3.43. The second-order valence-corrected chi connectivity index (χ2v) is 5.18. The number of piperidine rings is 1. The maximum atomic E-state index is 11.8. The van der Waals surface area contributed by atoms with Crippen LogP contribution in [-0.2, 0) is 9.59 Å². The summed E-state index contributed by atoms with van der Waals surface area (Å²) < 4.78 is 0. The van der Waals surface area contributed by atoms with E-state index in [2.05, 4.69) is 10.7 Å². The van der Waals surface area contributed by atoms with Crippen LogP contribution in [0.5, 0.6) is 0 Å². The Morgan fingerprint density at radius 3 is 2.30 bits per heavy atom. The molecule has 20 heavy (non-hydrogen) atoms. The number of urea groups is 1. The predicted molar refractivity (Wildman–Crippen MR) is 71.5 cm³/mol. The smallest absolute Gasteiger partial charge is 0.330 e. The van der Waals surface area contributed by atoms with Crippen LogP contribution < -0.4 is 16.5 Å². The quantitative estimate of drug-likeness (QED) is 0.556. The molecule has 3 unspecified atom stereocenters. The number of hydrogen-bond donors (Lipinski definition) is 4. The number of hydrogen-bond acceptors (Lipinski definition) is 4. The first-order chi connectivity index (χ1) is 9.31. The molecule has 1 rings (SSSR count). The van der Waals surface area contributed by atoms with Crippen LogP contribution in [0.4, 0.5) is 4.79 Å². The molecule has 0 aliphatic carbocycles. The summed E-state index contributed by atoms with van der Waals surface area (Å²) in [6.07, 6.45) is 2.60. The molecule has 114 valence electrons. The fourth-order valence-corrected chi connectivity index (χ4v) is 2.35. The summed E-state index contributed by atoms with van der Waals surface area (Å²) in [7, 11) is 0. The van der Waals surface area contributed by atoms with Crippen molar-refractivity contribution < 1.29 is 19.5 Å². The second kappa shape index (κ2) is 7.09. The number of nitrogens with one attached hydrogen (secondary N) is 2. The van der Waals surface area contributed by atoms with Gasteiger partial charge in [-0.05, 0) is 26.7 Å². The van der Waals surface area contributed by atoms with Gasteiger partial charge in [-0.15, -0.1) is 0 Å². The van der Waals surface area contributed by atoms with Crippen molar-refractivity contribution in [2.75, 3.05) is 0 Å². The number of carboxylic acids is 1. The van der Waals surface area contributed by atoms with Crippen LogP contribution in [0, 0.1) is 0 Å². The zero-order valence-corrected chi connectivity index (χ0v) is 11.8. The van der Waals surface area contributed by atoms with Gasteiger partial charge in [-0.2, -0.15) is 0 Å². The van der Waals surface area contributed by atoms with Gasteiger partial charge in [0.25, 0.3) is 0 Å². The van der Waals surface area contributed by atoms with Crippen LogP contribution in [0.25, 0.3) is 0 Å². The van der Waals surface area contributed by atoms with Gasteiger partial charge < -0.3 is 16.2 Å². The highest BCUT2D eigenvalue weighted by atomic mass is 16.4. The number of aliphatic carboxylic acids is 1. The topological polar surface area (TPSA) is 125 Å². The third kappa shape index (κ3) is 4.69. The van der Waals surface area contributed by atoms with E-state index in [4.69, 9.17) is 10.8 Å². The lowest BCUT2D eigenvalue weighted by Crippen LogP contribution is -2.58. The Labute approximate surface area is 117 Å². The van der Waals surface area contributed by atoms with Crippen molar-refractivity contribution in [3.8, 4) is 0 Å². The van der Waals surface area contributed by atoms with Crippen molar-refractivity contribution >= 4 is 17.9 Å². The lowest BCUT2D eigenvalue weighted by Gasteiger charge is -2.38. The van der Waals surface area contributed by atoms with Gasteiger partial charge in [0.2, 0.25) is 5.91 Å². The Hall–Kier alpha value is -1.83. The first-order valence-electron chi connectivity index (χ1n) is 6.68. The summed E-state index contributed by atoms with van der Waals surface area (Å²) in [5.74, 6) is -2.07. The van der Waals surface area contributed by atoms with Gasteiger partial charge >= 0.3 is 12.0 Å². The first kappa shape index (κ1) is 16.2. The van der Waals surface area contributed by atoms with E-state index in [0.717, 1.165) is 19.3 Å². The Bertz CT molecular complexity index is 378. The van der Waals surface area contributed by atoms with Gasteiger partial charge in [-0.25, -0.2) is 14.6 Å². The van der Waals surface area contributed by atoms with Crippen molar-refractivity contribution in [2.45, 2.75) is 57.7 Å². The lowest BCUT2D eigenvalue weighted by molar-refractivity contribution is -0.140. The van der Waals surface area contributed by atoms with Crippen molar-refractivity contribution in [3.05, 3.63) is 0 Å². The molecule has 0 aromatic heterocycles. The first-order valence-corrected chi connectivity index (χ1v) is 6.68. The minimum absolute atomic E-state index is 0.184. The van der Waals surface area contributed by atoms with Gasteiger partial charge in [0.15, 0.2) is 0 Å². The molecule has 0 radical (unpaired) electrons. The number of nitrogens with zero attached hydrogens (tertiary/aromatic N) is 1. The van der Waals surface area contributed by atoms with Crippen LogP contribution in [0.3, 0.4) is 0 Å². The highest BCUT2D eigenvalue weighted by molar-refractivity contribution is 5.87. The van der Waals surface area contributed by atoms with E-state index >= 15 is 0 Å². The van der Waals surface area contributed by atoms with E-state index in [1.54, 1.807) is 0 Å². The molecular weight excluding hydrogens is 264 g/mol. The van der Waals surface area contributed by atoms with Crippen molar-refractivity contribution in [2.24, 2.45) is 5.73 Å². The molecule has 8 heteroatoms. The third-order valence-corrected chi connectivity index (χ3v) is 3.43. The molecule has 0 aromatic rings. The Morgan fingerprint density at radius 1 is 1.30 bits per heavy atom. The molecule has 0 saturated carbocycles. The molecule has 0 aromatic carbocycles. The molecule has 0 bridgehead atoms. The molecule has 1 heterocycles. The molecule has 1 fully saturated rings. The molecule has 5 N–H and O–H groups in total. The number of amides is 3. The number of carboxylic acid groups (broad SMARTS) is 1. The number of carbonyl (C=O) groups excluding carboxylic acids is 2. The number of nitrogens with two attached hydrogens (primary N) is 1. The SMILES string of the molecule is CC1CCCC(C)N1NC(=O)NC(CC(N)=O)C(=O)O. The lowest BCUT2D eigenvalue weighted by atomic mass is 10.00. The van der Waals surface area contributed by atoms with Crippen LogP contribution in [0.15, 0.2) is 0 Å². The molecular formula is C12H22N4O4. The fourth-order valence-electron chi connectivity index (χ4n) is 2.35. The Morgan fingerprint density at radius 2 is 1.85 bits per heavy atom. The second-order valence-electron chi connectivity index (χ2n) is 5.18. The number of rotatable bonds is 5. The maximum Gasteiger partial charge on any atom is 0.330 e. The molecule has 0 spiro atoms. The molecule has 1 saturated heterocycles. The molecule has 3 amide bonds. The van der Waals surface area contributed by atoms with Crippen LogP contribution in [-0.4, -0.2) is 46.1 Å². The Kier molecular flexibility index (Phi) is 5.75.